The van der Waals surface area contributed by atoms with E-state index in [1.807, 2.05) is 0 Å². The van der Waals surface area contributed by atoms with E-state index in [2.05, 4.69) is 5.32 Å². The molecular formula is C19H22ClNO4. The third kappa shape index (κ3) is 5.11. The van der Waals surface area contributed by atoms with Gasteiger partial charge in [-0.15, -0.1) is 0 Å². The third-order valence-corrected chi connectivity index (χ3v) is 4.16. The van der Waals surface area contributed by atoms with Crippen molar-refractivity contribution in [1.29, 1.82) is 0 Å². The van der Waals surface area contributed by atoms with Gasteiger partial charge in [0.15, 0.2) is 11.5 Å². The van der Waals surface area contributed by atoms with Crippen molar-refractivity contribution in [2.45, 2.75) is 18.9 Å². The van der Waals surface area contributed by atoms with Crippen molar-refractivity contribution in [1.82, 2.24) is 5.32 Å². The second-order valence-corrected chi connectivity index (χ2v) is 6.36. The van der Waals surface area contributed by atoms with E-state index >= 15 is 0 Å². The SMILES string of the molecule is COc1ccc(CC(=O)NCC(C)(O)c2ccc(Cl)cc2)cc1OC. The number of aliphatic hydroxyl groups is 1. The highest BCUT2D eigenvalue weighted by molar-refractivity contribution is 6.30. The molecule has 0 aliphatic rings. The molecule has 5 nitrogen and oxygen atoms in total. The molecule has 0 bridgehead atoms. The lowest BCUT2D eigenvalue weighted by Crippen LogP contribution is -2.39. The Balaban J connectivity index is 1.97. The average Bonchev–Trinajstić information content (AvgIpc) is 2.60. The summed E-state index contributed by atoms with van der Waals surface area (Å²) in [4.78, 5) is 12.2. The summed E-state index contributed by atoms with van der Waals surface area (Å²) >= 11 is 5.86. The highest BCUT2D eigenvalue weighted by Gasteiger charge is 2.23. The van der Waals surface area contributed by atoms with Crippen molar-refractivity contribution < 1.29 is 19.4 Å². The van der Waals surface area contributed by atoms with Gasteiger partial charge >= 0.3 is 0 Å². The molecular weight excluding hydrogens is 342 g/mol. The number of hydrogen-bond donors (Lipinski definition) is 2. The summed E-state index contributed by atoms with van der Waals surface area (Å²) in [5.74, 6) is 0.986. The lowest BCUT2D eigenvalue weighted by Gasteiger charge is -2.24. The predicted octanol–water partition coefficient (Wildman–Crippen LogP) is 2.92. The van der Waals surface area contributed by atoms with Gasteiger partial charge in [0.25, 0.3) is 0 Å². The van der Waals surface area contributed by atoms with Gasteiger partial charge in [-0.3, -0.25) is 4.79 Å². The van der Waals surface area contributed by atoms with E-state index in [0.29, 0.717) is 22.1 Å². The first kappa shape index (κ1) is 19.1. The van der Waals surface area contributed by atoms with Crippen LogP contribution in [0.3, 0.4) is 0 Å². The van der Waals surface area contributed by atoms with Crippen LogP contribution in [-0.4, -0.2) is 31.8 Å². The Kier molecular flexibility index (Phi) is 6.28. The Morgan fingerprint density at radius 3 is 2.36 bits per heavy atom. The molecule has 1 atom stereocenters. The summed E-state index contributed by atoms with van der Waals surface area (Å²) in [6, 6.07) is 12.2. The van der Waals surface area contributed by atoms with Gasteiger partial charge in [0.2, 0.25) is 5.91 Å². The van der Waals surface area contributed by atoms with E-state index in [-0.39, 0.29) is 18.9 Å². The Bertz CT molecular complexity index is 729. The molecule has 0 fully saturated rings. The molecule has 0 spiro atoms. The van der Waals surface area contributed by atoms with Crippen molar-refractivity contribution in [2.24, 2.45) is 0 Å². The van der Waals surface area contributed by atoms with Gasteiger partial charge in [0, 0.05) is 5.02 Å². The second-order valence-electron chi connectivity index (χ2n) is 5.92. The maximum absolute atomic E-state index is 12.2. The van der Waals surface area contributed by atoms with Gasteiger partial charge in [0.1, 0.15) is 5.60 Å². The zero-order valence-corrected chi connectivity index (χ0v) is 15.3. The molecule has 0 aromatic heterocycles. The number of methoxy groups -OCH3 is 2. The Morgan fingerprint density at radius 1 is 1.12 bits per heavy atom. The van der Waals surface area contributed by atoms with Crippen LogP contribution in [0.1, 0.15) is 18.1 Å². The van der Waals surface area contributed by atoms with Crippen molar-refractivity contribution in [2.75, 3.05) is 20.8 Å². The molecule has 2 aromatic rings. The van der Waals surface area contributed by atoms with Crippen LogP contribution in [0.4, 0.5) is 0 Å². The molecule has 6 heteroatoms. The van der Waals surface area contributed by atoms with Gasteiger partial charge in [-0.05, 0) is 42.3 Å². The first-order valence-corrected chi connectivity index (χ1v) is 8.19. The van der Waals surface area contributed by atoms with Gasteiger partial charge in [-0.25, -0.2) is 0 Å². The van der Waals surface area contributed by atoms with Crippen LogP contribution in [0, 0.1) is 0 Å². The lowest BCUT2D eigenvalue weighted by atomic mass is 9.96. The third-order valence-electron chi connectivity index (χ3n) is 3.91. The number of amides is 1. The fraction of sp³-hybridized carbons (Fsp3) is 0.316. The van der Waals surface area contributed by atoms with Crippen LogP contribution in [0.2, 0.25) is 5.02 Å². The van der Waals surface area contributed by atoms with Crippen LogP contribution in [-0.2, 0) is 16.8 Å². The molecule has 2 aromatic carbocycles. The van der Waals surface area contributed by atoms with Crippen LogP contribution < -0.4 is 14.8 Å². The largest absolute Gasteiger partial charge is 0.493 e. The summed E-state index contributed by atoms with van der Waals surface area (Å²) in [6.07, 6.45) is 0.178. The van der Waals surface area contributed by atoms with Gasteiger partial charge < -0.3 is 19.9 Å². The Labute approximate surface area is 152 Å². The fourth-order valence-corrected chi connectivity index (χ4v) is 2.55. The zero-order valence-electron chi connectivity index (χ0n) is 14.5. The molecule has 2 N–H and O–H groups in total. The van der Waals surface area contributed by atoms with Gasteiger partial charge in [-0.1, -0.05) is 29.8 Å². The molecule has 0 saturated heterocycles. The number of carbonyl (C=O) groups is 1. The highest BCUT2D eigenvalue weighted by atomic mass is 35.5. The summed E-state index contributed by atoms with van der Waals surface area (Å²) in [5, 5.41) is 13.9. The number of benzene rings is 2. The first-order chi connectivity index (χ1) is 11.9. The van der Waals surface area contributed by atoms with E-state index < -0.39 is 5.60 Å². The summed E-state index contributed by atoms with van der Waals surface area (Å²) in [7, 11) is 3.11. The minimum Gasteiger partial charge on any atom is -0.493 e. The molecule has 0 heterocycles. The number of ether oxygens (including phenoxy) is 2. The number of halogens is 1. The quantitative estimate of drug-likeness (QED) is 0.793. The van der Waals surface area contributed by atoms with Crippen molar-refractivity contribution in [3.8, 4) is 11.5 Å². The molecule has 1 amide bonds. The van der Waals surface area contributed by atoms with Crippen molar-refractivity contribution in [3.63, 3.8) is 0 Å². The van der Waals surface area contributed by atoms with Crippen molar-refractivity contribution >= 4 is 17.5 Å². The molecule has 0 aliphatic heterocycles. The average molecular weight is 364 g/mol. The minimum absolute atomic E-state index is 0.0980. The van der Waals surface area contributed by atoms with Crippen LogP contribution in [0.25, 0.3) is 0 Å². The normalized spacial score (nSPS) is 13.0. The van der Waals surface area contributed by atoms with Crippen LogP contribution in [0.5, 0.6) is 11.5 Å². The van der Waals surface area contributed by atoms with Crippen LogP contribution >= 0.6 is 11.6 Å². The fourth-order valence-electron chi connectivity index (χ4n) is 2.42. The zero-order chi connectivity index (χ0) is 18.4. The van der Waals surface area contributed by atoms with E-state index in [9.17, 15) is 9.90 Å². The van der Waals surface area contributed by atoms with E-state index in [0.717, 1.165) is 5.56 Å². The molecule has 25 heavy (non-hydrogen) atoms. The van der Waals surface area contributed by atoms with E-state index in [1.54, 1.807) is 63.6 Å². The monoisotopic (exact) mass is 363 g/mol. The predicted molar refractivity (Wildman–Crippen MR) is 97.3 cm³/mol. The molecule has 1 unspecified atom stereocenters. The maximum Gasteiger partial charge on any atom is 0.224 e. The number of nitrogens with one attached hydrogen (secondary N) is 1. The highest BCUT2D eigenvalue weighted by Crippen LogP contribution is 2.27. The van der Waals surface area contributed by atoms with E-state index in [1.165, 1.54) is 0 Å². The van der Waals surface area contributed by atoms with E-state index in [4.69, 9.17) is 21.1 Å². The number of rotatable bonds is 7. The topological polar surface area (TPSA) is 67.8 Å². The lowest BCUT2D eigenvalue weighted by molar-refractivity contribution is -0.121. The minimum atomic E-state index is -1.18. The molecule has 134 valence electrons. The standard InChI is InChI=1S/C19H22ClNO4/c1-19(23,14-5-7-15(20)8-6-14)12-21-18(22)11-13-4-9-16(24-2)17(10-13)25-3/h4-10,23H,11-12H2,1-3H3,(H,21,22). The Morgan fingerprint density at radius 2 is 1.76 bits per heavy atom. The molecule has 0 radical (unpaired) electrons. The van der Waals surface area contributed by atoms with Crippen LogP contribution in [0.15, 0.2) is 42.5 Å². The first-order valence-electron chi connectivity index (χ1n) is 7.82. The summed E-state index contributed by atoms with van der Waals surface area (Å²) < 4.78 is 10.4. The van der Waals surface area contributed by atoms with Gasteiger partial charge in [-0.2, -0.15) is 0 Å². The summed E-state index contributed by atoms with van der Waals surface area (Å²) in [5.41, 5.74) is 0.294. The maximum atomic E-state index is 12.2. The summed E-state index contributed by atoms with van der Waals surface area (Å²) in [6.45, 7) is 1.74. The second kappa shape index (κ2) is 8.23. The molecule has 0 saturated carbocycles. The smallest absolute Gasteiger partial charge is 0.224 e. The van der Waals surface area contributed by atoms with Crippen molar-refractivity contribution in [3.05, 3.63) is 58.6 Å². The molecule has 0 aliphatic carbocycles. The number of hydrogen-bond acceptors (Lipinski definition) is 4. The number of carbonyl (C=O) groups excluding carboxylic acids is 1. The van der Waals surface area contributed by atoms with Gasteiger partial charge in [0.05, 0.1) is 27.2 Å². The molecule has 2 rings (SSSR count). The Hall–Kier alpha value is -2.24.